The minimum absolute atomic E-state index is 0.319. The topological polar surface area (TPSA) is 61.2 Å². The van der Waals surface area contributed by atoms with Gasteiger partial charge in [-0.25, -0.2) is 0 Å². The van der Waals surface area contributed by atoms with E-state index in [2.05, 4.69) is 54.4 Å². The van der Waals surface area contributed by atoms with Gasteiger partial charge in [0.1, 0.15) is 0 Å². The van der Waals surface area contributed by atoms with E-state index in [9.17, 15) is 0 Å². The maximum atomic E-state index is 8.91. The first kappa shape index (κ1) is 19.2. The van der Waals surface area contributed by atoms with Gasteiger partial charge in [0, 0.05) is 48.7 Å². The van der Waals surface area contributed by atoms with Crippen LogP contribution in [0.25, 0.3) is 10.9 Å². The van der Waals surface area contributed by atoms with E-state index >= 15 is 0 Å². The zero-order chi connectivity index (χ0) is 20.2. The Bertz CT molecular complexity index is 1040. The van der Waals surface area contributed by atoms with Crippen molar-refractivity contribution in [2.75, 3.05) is 29.9 Å². The minimum Gasteiger partial charge on any atom is -0.381 e. The van der Waals surface area contributed by atoms with Crippen LogP contribution in [0.3, 0.4) is 0 Å². The first-order valence-corrected chi connectivity index (χ1v) is 10.2. The first-order chi connectivity index (χ1) is 14.2. The van der Waals surface area contributed by atoms with E-state index in [1.54, 1.807) is 0 Å². The van der Waals surface area contributed by atoms with Crippen LogP contribution < -0.4 is 10.2 Å². The van der Waals surface area contributed by atoms with Crippen LogP contribution in [0.1, 0.15) is 30.2 Å². The third kappa shape index (κ3) is 4.33. The predicted molar refractivity (Wildman–Crippen MR) is 117 cm³/mol. The summed E-state index contributed by atoms with van der Waals surface area (Å²) in [5, 5.41) is 13.5. The zero-order valence-corrected chi connectivity index (χ0v) is 17.0. The quantitative estimate of drug-likeness (QED) is 0.669. The molecule has 0 aliphatic carbocycles. The second-order valence-electron chi connectivity index (χ2n) is 7.49. The summed E-state index contributed by atoms with van der Waals surface area (Å²) in [6.45, 7) is 7.55. The summed E-state index contributed by atoms with van der Waals surface area (Å²) in [5.41, 5.74) is 6.16. The lowest BCUT2D eigenvalue weighted by Gasteiger charge is -2.21. The van der Waals surface area contributed by atoms with Gasteiger partial charge in [-0.3, -0.25) is 4.98 Å². The molecular weight excluding hydrogens is 360 g/mol. The molecule has 29 heavy (non-hydrogen) atoms. The van der Waals surface area contributed by atoms with Crippen LogP contribution in [-0.2, 0) is 11.3 Å². The number of nitriles is 1. The standard InChI is InChI=1S/C24H26N4O/c1-3-29-21-10-11-28(16-21)24-12-17(2)27-23-13-19(6-9-22(23)24)15-26-20-7-4-18(14-25)5-8-20/h4-9,12-13,21,26H,3,10-11,15-16H2,1-2H3. The monoisotopic (exact) mass is 386 g/mol. The second-order valence-corrected chi connectivity index (χ2v) is 7.49. The molecule has 5 heteroatoms. The normalized spacial score (nSPS) is 16.2. The lowest BCUT2D eigenvalue weighted by Crippen LogP contribution is -2.23. The van der Waals surface area contributed by atoms with E-state index in [1.165, 1.54) is 16.6 Å². The van der Waals surface area contributed by atoms with Crippen LogP contribution in [0, 0.1) is 18.3 Å². The molecule has 0 bridgehead atoms. The lowest BCUT2D eigenvalue weighted by atomic mass is 10.1. The molecule has 1 fully saturated rings. The number of rotatable bonds is 6. The van der Waals surface area contributed by atoms with Gasteiger partial charge >= 0.3 is 0 Å². The van der Waals surface area contributed by atoms with E-state index in [0.29, 0.717) is 18.2 Å². The number of pyridine rings is 1. The Labute approximate surface area is 171 Å². The van der Waals surface area contributed by atoms with Gasteiger partial charge < -0.3 is 15.0 Å². The van der Waals surface area contributed by atoms with E-state index in [-0.39, 0.29) is 0 Å². The van der Waals surface area contributed by atoms with Crippen LogP contribution in [-0.4, -0.2) is 30.8 Å². The fraction of sp³-hybridized carbons (Fsp3) is 0.333. The Balaban J connectivity index is 1.54. The summed E-state index contributed by atoms with van der Waals surface area (Å²) >= 11 is 0. The van der Waals surface area contributed by atoms with Crippen molar-refractivity contribution >= 4 is 22.3 Å². The van der Waals surface area contributed by atoms with Gasteiger partial charge in [0.25, 0.3) is 0 Å². The summed E-state index contributed by atoms with van der Waals surface area (Å²) in [4.78, 5) is 7.20. The van der Waals surface area contributed by atoms with Crippen LogP contribution in [0.15, 0.2) is 48.5 Å². The number of hydrogen-bond donors (Lipinski definition) is 1. The Kier molecular flexibility index (Phi) is 5.64. The zero-order valence-electron chi connectivity index (χ0n) is 17.0. The number of anilines is 2. The fourth-order valence-electron chi connectivity index (χ4n) is 3.94. The van der Waals surface area contributed by atoms with Crippen LogP contribution >= 0.6 is 0 Å². The summed E-state index contributed by atoms with van der Waals surface area (Å²) in [5.74, 6) is 0. The number of benzene rings is 2. The summed E-state index contributed by atoms with van der Waals surface area (Å²) in [6.07, 6.45) is 1.39. The SMILES string of the molecule is CCOC1CCN(c2cc(C)nc3cc(CNc4ccc(C#N)cc4)ccc23)C1. The summed E-state index contributed by atoms with van der Waals surface area (Å²) in [6, 6.07) is 18.4. The van der Waals surface area contributed by atoms with E-state index < -0.39 is 0 Å². The third-order valence-electron chi connectivity index (χ3n) is 5.38. The second kappa shape index (κ2) is 8.50. The highest BCUT2D eigenvalue weighted by molar-refractivity contribution is 5.92. The molecule has 0 amide bonds. The molecule has 3 aromatic rings. The molecule has 2 heterocycles. The van der Waals surface area contributed by atoms with Gasteiger partial charge in [0.2, 0.25) is 0 Å². The molecule has 1 saturated heterocycles. The Morgan fingerprint density at radius 3 is 2.79 bits per heavy atom. The van der Waals surface area contributed by atoms with Gasteiger partial charge in [0.15, 0.2) is 0 Å². The number of hydrogen-bond acceptors (Lipinski definition) is 5. The number of aromatic nitrogens is 1. The molecule has 2 aromatic carbocycles. The molecule has 5 nitrogen and oxygen atoms in total. The molecule has 1 N–H and O–H groups in total. The smallest absolute Gasteiger partial charge is 0.0991 e. The van der Waals surface area contributed by atoms with Crippen LogP contribution in [0.4, 0.5) is 11.4 Å². The van der Waals surface area contributed by atoms with E-state index in [1.807, 2.05) is 24.3 Å². The van der Waals surface area contributed by atoms with Gasteiger partial charge in [-0.15, -0.1) is 0 Å². The van der Waals surface area contributed by atoms with Crippen molar-refractivity contribution in [3.8, 4) is 6.07 Å². The van der Waals surface area contributed by atoms with Crippen molar-refractivity contribution in [3.05, 3.63) is 65.4 Å². The van der Waals surface area contributed by atoms with Crippen LogP contribution in [0.2, 0.25) is 0 Å². The number of fused-ring (bicyclic) bond motifs is 1. The molecule has 1 unspecified atom stereocenters. The number of nitrogens with zero attached hydrogens (tertiary/aromatic N) is 3. The third-order valence-corrected chi connectivity index (χ3v) is 5.38. The molecule has 148 valence electrons. The van der Waals surface area contributed by atoms with Gasteiger partial charge in [-0.05, 0) is 62.2 Å². The average molecular weight is 386 g/mol. The molecule has 1 aliphatic heterocycles. The molecule has 1 aliphatic rings. The summed E-state index contributed by atoms with van der Waals surface area (Å²) < 4.78 is 5.82. The Morgan fingerprint density at radius 1 is 1.21 bits per heavy atom. The molecule has 0 saturated carbocycles. The van der Waals surface area contributed by atoms with Crippen molar-refractivity contribution in [3.63, 3.8) is 0 Å². The fourth-order valence-corrected chi connectivity index (χ4v) is 3.94. The molecule has 0 spiro atoms. The predicted octanol–water partition coefficient (Wildman–Crippen LogP) is 4.64. The van der Waals surface area contributed by atoms with Crippen molar-refractivity contribution in [1.82, 2.24) is 4.98 Å². The molecule has 4 rings (SSSR count). The average Bonchev–Trinajstić information content (AvgIpc) is 3.20. The minimum atomic E-state index is 0.319. The number of nitrogens with one attached hydrogen (secondary N) is 1. The lowest BCUT2D eigenvalue weighted by molar-refractivity contribution is 0.0788. The highest BCUT2D eigenvalue weighted by Crippen LogP contribution is 2.31. The Hall–Kier alpha value is -3.10. The van der Waals surface area contributed by atoms with Crippen molar-refractivity contribution in [1.29, 1.82) is 5.26 Å². The maximum Gasteiger partial charge on any atom is 0.0991 e. The van der Waals surface area contributed by atoms with Gasteiger partial charge in [-0.2, -0.15) is 5.26 Å². The van der Waals surface area contributed by atoms with Gasteiger partial charge in [-0.1, -0.05) is 12.1 Å². The van der Waals surface area contributed by atoms with E-state index in [4.69, 9.17) is 15.0 Å². The maximum absolute atomic E-state index is 8.91. The molecule has 1 atom stereocenters. The Morgan fingerprint density at radius 2 is 2.03 bits per heavy atom. The van der Waals surface area contributed by atoms with Crippen molar-refractivity contribution < 1.29 is 4.74 Å². The molecule has 1 aromatic heterocycles. The molecular formula is C24H26N4O. The number of ether oxygens (including phenoxy) is 1. The van der Waals surface area contributed by atoms with Crippen molar-refractivity contribution in [2.45, 2.75) is 32.9 Å². The highest BCUT2D eigenvalue weighted by atomic mass is 16.5. The highest BCUT2D eigenvalue weighted by Gasteiger charge is 2.24. The van der Waals surface area contributed by atoms with Gasteiger partial charge in [0.05, 0.1) is 23.3 Å². The van der Waals surface area contributed by atoms with Crippen LogP contribution in [0.5, 0.6) is 0 Å². The summed E-state index contributed by atoms with van der Waals surface area (Å²) in [7, 11) is 0. The molecule has 0 radical (unpaired) electrons. The first-order valence-electron chi connectivity index (χ1n) is 10.2. The van der Waals surface area contributed by atoms with Crippen molar-refractivity contribution in [2.24, 2.45) is 0 Å². The van der Waals surface area contributed by atoms with E-state index in [0.717, 1.165) is 43.0 Å². The number of aryl methyl sites for hydroxylation is 1. The largest absolute Gasteiger partial charge is 0.381 e.